The first-order valence-electron chi connectivity index (χ1n) is 12.5. The second-order valence-electron chi connectivity index (χ2n) is 9.57. The maximum atomic E-state index is 6.30. The lowest BCUT2D eigenvalue weighted by molar-refractivity contribution is 0.0256. The van der Waals surface area contributed by atoms with Gasteiger partial charge in [-0.25, -0.2) is 4.98 Å². The lowest BCUT2D eigenvalue weighted by atomic mass is 9.87. The number of nitrogens with one attached hydrogen (secondary N) is 1. The van der Waals surface area contributed by atoms with Crippen molar-refractivity contribution in [2.75, 3.05) is 31.7 Å². The predicted molar refractivity (Wildman–Crippen MR) is 134 cm³/mol. The lowest BCUT2D eigenvalue weighted by Crippen LogP contribution is -2.26. The van der Waals surface area contributed by atoms with E-state index in [0.717, 1.165) is 74.7 Å². The molecule has 0 amide bonds. The SMILES string of the molecule is CC1CCC(Nc2ncc(-c3ccc(OC4CCOCC4)cc3)c(OC3CCOC3)n2)CC1.Cl. The molecule has 3 fully saturated rings. The molecule has 2 aromatic rings. The molecule has 0 bridgehead atoms. The van der Waals surface area contributed by atoms with Gasteiger partial charge in [-0.3, -0.25) is 0 Å². The van der Waals surface area contributed by atoms with Crippen molar-refractivity contribution >= 4 is 18.4 Å². The van der Waals surface area contributed by atoms with E-state index < -0.39 is 0 Å². The number of aromatic nitrogens is 2. The Kier molecular flexibility index (Phi) is 8.86. The van der Waals surface area contributed by atoms with E-state index in [9.17, 15) is 0 Å². The van der Waals surface area contributed by atoms with E-state index in [1.165, 1.54) is 12.8 Å². The van der Waals surface area contributed by atoms with E-state index in [1.807, 2.05) is 18.3 Å². The zero-order valence-corrected chi connectivity index (χ0v) is 20.7. The Bertz CT molecular complexity index is 893. The summed E-state index contributed by atoms with van der Waals surface area (Å²) in [7, 11) is 0. The highest BCUT2D eigenvalue weighted by Crippen LogP contribution is 2.33. The van der Waals surface area contributed by atoms with Crippen LogP contribution in [0.3, 0.4) is 0 Å². The molecule has 34 heavy (non-hydrogen) atoms. The van der Waals surface area contributed by atoms with Gasteiger partial charge in [-0.1, -0.05) is 19.1 Å². The minimum atomic E-state index is 0. The number of anilines is 1. The summed E-state index contributed by atoms with van der Waals surface area (Å²) in [5.74, 6) is 2.95. The average molecular weight is 490 g/mol. The zero-order chi connectivity index (χ0) is 22.5. The van der Waals surface area contributed by atoms with Crippen LogP contribution < -0.4 is 14.8 Å². The molecule has 2 aliphatic heterocycles. The topological polar surface area (TPSA) is 74.7 Å². The molecular weight excluding hydrogens is 454 g/mol. The van der Waals surface area contributed by atoms with Gasteiger partial charge in [0, 0.05) is 31.5 Å². The molecule has 1 aliphatic carbocycles. The number of benzene rings is 1. The molecule has 1 aromatic carbocycles. The molecule has 1 aromatic heterocycles. The van der Waals surface area contributed by atoms with Crippen molar-refractivity contribution in [1.82, 2.24) is 9.97 Å². The van der Waals surface area contributed by atoms with Gasteiger partial charge in [-0.15, -0.1) is 12.4 Å². The molecule has 0 radical (unpaired) electrons. The molecule has 1 saturated carbocycles. The van der Waals surface area contributed by atoms with Crippen LogP contribution in [0.25, 0.3) is 11.1 Å². The smallest absolute Gasteiger partial charge is 0.226 e. The Balaban J connectivity index is 0.00000274. The van der Waals surface area contributed by atoms with Gasteiger partial charge in [0.1, 0.15) is 18.0 Å². The van der Waals surface area contributed by atoms with Crippen LogP contribution in [-0.2, 0) is 9.47 Å². The van der Waals surface area contributed by atoms with Crippen molar-refractivity contribution in [3.8, 4) is 22.8 Å². The van der Waals surface area contributed by atoms with E-state index in [1.54, 1.807) is 0 Å². The Morgan fingerprint density at radius 3 is 2.26 bits per heavy atom. The van der Waals surface area contributed by atoms with Crippen LogP contribution in [-0.4, -0.2) is 54.6 Å². The molecule has 8 heteroatoms. The normalized spacial score (nSPS) is 25.4. The van der Waals surface area contributed by atoms with Gasteiger partial charge in [-0.2, -0.15) is 4.98 Å². The zero-order valence-electron chi connectivity index (χ0n) is 19.9. The fourth-order valence-corrected chi connectivity index (χ4v) is 4.77. The molecule has 3 heterocycles. The summed E-state index contributed by atoms with van der Waals surface area (Å²) in [6.07, 6.45) is 9.70. The minimum absolute atomic E-state index is 0. The maximum Gasteiger partial charge on any atom is 0.226 e. The summed E-state index contributed by atoms with van der Waals surface area (Å²) in [6.45, 7) is 5.20. The molecule has 1 atom stereocenters. The summed E-state index contributed by atoms with van der Waals surface area (Å²) in [5.41, 5.74) is 1.91. The summed E-state index contributed by atoms with van der Waals surface area (Å²) >= 11 is 0. The molecule has 1 N–H and O–H groups in total. The summed E-state index contributed by atoms with van der Waals surface area (Å²) < 4.78 is 23.4. The Morgan fingerprint density at radius 1 is 0.853 bits per heavy atom. The third-order valence-electron chi connectivity index (χ3n) is 6.91. The number of nitrogens with zero attached hydrogens (tertiary/aromatic N) is 2. The Labute approximate surface area is 208 Å². The average Bonchev–Trinajstić information content (AvgIpc) is 3.35. The van der Waals surface area contributed by atoms with Gasteiger partial charge in [0.15, 0.2) is 0 Å². The van der Waals surface area contributed by atoms with Crippen LogP contribution in [0.1, 0.15) is 51.9 Å². The first-order chi connectivity index (χ1) is 16.2. The van der Waals surface area contributed by atoms with Gasteiger partial charge in [0.05, 0.1) is 32.0 Å². The van der Waals surface area contributed by atoms with Gasteiger partial charge in [-0.05, 0) is 49.3 Å². The van der Waals surface area contributed by atoms with Crippen molar-refractivity contribution in [2.45, 2.75) is 70.1 Å². The Morgan fingerprint density at radius 2 is 1.56 bits per heavy atom. The highest BCUT2D eigenvalue weighted by Gasteiger charge is 2.23. The largest absolute Gasteiger partial charge is 0.490 e. The van der Waals surface area contributed by atoms with Gasteiger partial charge >= 0.3 is 0 Å². The highest BCUT2D eigenvalue weighted by molar-refractivity contribution is 5.85. The van der Waals surface area contributed by atoms with Crippen LogP contribution in [0.15, 0.2) is 30.5 Å². The predicted octanol–water partition coefficient (Wildman–Crippen LogP) is 5.28. The summed E-state index contributed by atoms with van der Waals surface area (Å²) in [6, 6.07) is 8.57. The van der Waals surface area contributed by atoms with E-state index in [2.05, 4.69) is 29.4 Å². The second-order valence-corrected chi connectivity index (χ2v) is 9.57. The van der Waals surface area contributed by atoms with Gasteiger partial charge in [0.25, 0.3) is 0 Å². The van der Waals surface area contributed by atoms with Crippen molar-refractivity contribution < 1.29 is 18.9 Å². The molecule has 186 valence electrons. The number of halogens is 1. The van der Waals surface area contributed by atoms with Crippen LogP contribution in [0, 0.1) is 5.92 Å². The lowest BCUT2D eigenvalue weighted by Gasteiger charge is -2.27. The van der Waals surface area contributed by atoms with E-state index >= 15 is 0 Å². The molecule has 1 unspecified atom stereocenters. The monoisotopic (exact) mass is 489 g/mol. The number of hydrogen-bond donors (Lipinski definition) is 1. The third-order valence-corrected chi connectivity index (χ3v) is 6.91. The highest BCUT2D eigenvalue weighted by atomic mass is 35.5. The fourth-order valence-electron chi connectivity index (χ4n) is 4.77. The minimum Gasteiger partial charge on any atom is -0.490 e. The summed E-state index contributed by atoms with van der Waals surface area (Å²) in [5, 5.41) is 3.54. The van der Waals surface area contributed by atoms with Crippen LogP contribution >= 0.6 is 12.4 Å². The number of ether oxygens (including phenoxy) is 4. The first-order valence-corrected chi connectivity index (χ1v) is 12.5. The van der Waals surface area contributed by atoms with Crippen LogP contribution in [0.4, 0.5) is 5.95 Å². The number of rotatable bonds is 7. The summed E-state index contributed by atoms with van der Waals surface area (Å²) in [4.78, 5) is 9.44. The molecule has 5 rings (SSSR count). The molecule has 0 spiro atoms. The maximum absolute atomic E-state index is 6.30. The molecule has 7 nitrogen and oxygen atoms in total. The molecular formula is C26H36ClN3O4. The van der Waals surface area contributed by atoms with E-state index in [0.29, 0.717) is 24.5 Å². The van der Waals surface area contributed by atoms with Gasteiger partial charge in [0.2, 0.25) is 11.8 Å². The van der Waals surface area contributed by atoms with Crippen molar-refractivity contribution in [3.63, 3.8) is 0 Å². The van der Waals surface area contributed by atoms with Crippen molar-refractivity contribution in [2.24, 2.45) is 5.92 Å². The second kappa shape index (κ2) is 12.0. The first kappa shape index (κ1) is 25.0. The van der Waals surface area contributed by atoms with Crippen LogP contribution in [0.5, 0.6) is 11.6 Å². The molecule has 2 saturated heterocycles. The quantitative estimate of drug-likeness (QED) is 0.567. The molecule has 3 aliphatic rings. The van der Waals surface area contributed by atoms with Crippen LogP contribution in [0.2, 0.25) is 0 Å². The van der Waals surface area contributed by atoms with E-state index in [4.69, 9.17) is 23.9 Å². The third kappa shape index (κ3) is 6.52. The fraction of sp³-hybridized carbons (Fsp3) is 0.615. The van der Waals surface area contributed by atoms with E-state index in [-0.39, 0.29) is 24.6 Å². The standard InChI is InChI=1S/C26H35N3O4.ClH/c1-18-2-6-20(7-3-18)28-26-27-16-24(25(29-26)33-23-12-15-31-17-23)19-4-8-21(9-5-19)32-22-10-13-30-14-11-22;/h4-5,8-9,16,18,20,22-23H,2-3,6-7,10-15,17H2,1H3,(H,27,28,29);1H. The van der Waals surface area contributed by atoms with Crippen molar-refractivity contribution in [1.29, 1.82) is 0 Å². The Hall–Kier alpha value is -2.09. The van der Waals surface area contributed by atoms with Crippen molar-refractivity contribution in [3.05, 3.63) is 30.5 Å². The number of hydrogen-bond acceptors (Lipinski definition) is 7. The van der Waals surface area contributed by atoms with Gasteiger partial charge < -0.3 is 24.3 Å².